The van der Waals surface area contributed by atoms with Crippen LogP contribution in [0.15, 0.2) is 42.5 Å². The van der Waals surface area contributed by atoms with Crippen molar-refractivity contribution in [1.29, 1.82) is 0 Å². The summed E-state index contributed by atoms with van der Waals surface area (Å²) >= 11 is 6.29. The second-order valence-corrected chi connectivity index (χ2v) is 9.05. The van der Waals surface area contributed by atoms with Crippen molar-refractivity contribution < 1.29 is 0 Å². The zero-order valence-corrected chi connectivity index (χ0v) is 20.8. The van der Waals surface area contributed by atoms with Gasteiger partial charge in [-0.05, 0) is 100 Å². The fourth-order valence-electron chi connectivity index (χ4n) is 4.18. The molecule has 0 spiro atoms. The maximum atomic E-state index is 6.29. The van der Waals surface area contributed by atoms with Gasteiger partial charge in [0.1, 0.15) is 0 Å². The lowest BCUT2D eigenvalue weighted by Gasteiger charge is -2.21. The Hall–Kier alpha value is -2.36. The first-order valence-corrected chi connectivity index (χ1v) is 12.1. The maximum Gasteiger partial charge on any atom is 0.0744 e. The summed E-state index contributed by atoms with van der Waals surface area (Å²) in [7, 11) is 0. The summed E-state index contributed by atoms with van der Waals surface area (Å²) in [6, 6.07) is 14.9. The summed E-state index contributed by atoms with van der Waals surface area (Å²) < 4.78 is 0. The Balaban J connectivity index is 1.84. The molecular formula is C28H36ClN3. The summed E-state index contributed by atoms with van der Waals surface area (Å²) in [5.41, 5.74) is 6.75. The molecule has 2 aromatic carbocycles. The predicted octanol–water partition coefficient (Wildman–Crippen LogP) is 7.60. The number of pyridine rings is 1. The molecule has 0 amide bonds. The molecule has 0 saturated carbocycles. The van der Waals surface area contributed by atoms with Crippen molar-refractivity contribution in [2.24, 2.45) is 0 Å². The van der Waals surface area contributed by atoms with Gasteiger partial charge in [-0.15, -0.1) is 0 Å². The van der Waals surface area contributed by atoms with Crippen molar-refractivity contribution in [3.63, 3.8) is 0 Å². The minimum absolute atomic E-state index is 0.377. The smallest absolute Gasteiger partial charge is 0.0744 e. The average Bonchev–Trinajstić information content (AvgIpc) is 2.76. The number of nitrogens with one attached hydrogen (secondary N) is 1. The summed E-state index contributed by atoms with van der Waals surface area (Å²) in [5.74, 6) is 0. The van der Waals surface area contributed by atoms with Gasteiger partial charge in [0.2, 0.25) is 0 Å². The van der Waals surface area contributed by atoms with Crippen molar-refractivity contribution in [3.05, 3.63) is 69.9 Å². The number of benzene rings is 2. The molecule has 170 valence electrons. The van der Waals surface area contributed by atoms with Gasteiger partial charge in [0, 0.05) is 22.1 Å². The van der Waals surface area contributed by atoms with E-state index >= 15 is 0 Å². The Morgan fingerprint density at radius 1 is 1.03 bits per heavy atom. The van der Waals surface area contributed by atoms with Crippen molar-refractivity contribution >= 4 is 40.3 Å². The number of anilines is 1. The van der Waals surface area contributed by atoms with E-state index in [0.717, 1.165) is 48.3 Å². The van der Waals surface area contributed by atoms with Gasteiger partial charge < -0.3 is 10.2 Å². The first-order valence-electron chi connectivity index (χ1n) is 11.7. The van der Waals surface area contributed by atoms with Crippen LogP contribution in [0.3, 0.4) is 0 Å². The molecule has 3 aromatic rings. The number of hydrogen-bond acceptors (Lipinski definition) is 3. The zero-order chi connectivity index (χ0) is 23.1. The van der Waals surface area contributed by atoms with Gasteiger partial charge in [-0.1, -0.05) is 49.7 Å². The fraction of sp³-hybridized carbons (Fsp3) is 0.393. The van der Waals surface area contributed by atoms with E-state index in [1.807, 2.05) is 12.1 Å². The molecule has 3 nitrogen and oxygen atoms in total. The number of rotatable bonds is 10. The highest BCUT2D eigenvalue weighted by atomic mass is 35.5. The highest BCUT2D eigenvalue weighted by Crippen LogP contribution is 2.28. The van der Waals surface area contributed by atoms with Gasteiger partial charge in [-0.3, -0.25) is 0 Å². The molecule has 0 aliphatic carbocycles. The third-order valence-electron chi connectivity index (χ3n) is 6.16. The van der Waals surface area contributed by atoms with Gasteiger partial charge in [-0.2, -0.15) is 0 Å². The van der Waals surface area contributed by atoms with Crippen LogP contribution in [0.1, 0.15) is 56.0 Å². The highest BCUT2D eigenvalue weighted by Gasteiger charge is 2.10. The van der Waals surface area contributed by atoms with E-state index in [1.54, 1.807) is 0 Å². The molecule has 1 N–H and O–H groups in total. The average molecular weight is 450 g/mol. The van der Waals surface area contributed by atoms with Gasteiger partial charge in [0.25, 0.3) is 0 Å². The van der Waals surface area contributed by atoms with E-state index in [2.05, 4.69) is 87.3 Å². The van der Waals surface area contributed by atoms with E-state index in [9.17, 15) is 0 Å². The predicted molar refractivity (Wildman–Crippen MR) is 142 cm³/mol. The molecule has 0 aliphatic heterocycles. The van der Waals surface area contributed by atoms with Gasteiger partial charge in [-0.25, -0.2) is 4.98 Å². The van der Waals surface area contributed by atoms with E-state index in [1.165, 1.54) is 23.1 Å². The van der Waals surface area contributed by atoms with Crippen molar-refractivity contribution in [3.8, 4) is 0 Å². The Morgan fingerprint density at radius 2 is 1.75 bits per heavy atom. The number of halogens is 1. The number of hydrogen-bond donors (Lipinski definition) is 1. The van der Waals surface area contributed by atoms with Crippen LogP contribution >= 0.6 is 11.6 Å². The number of aryl methyl sites for hydroxylation is 2. The van der Waals surface area contributed by atoms with E-state index < -0.39 is 0 Å². The van der Waals surface area contributed by atoms with E-state index in [0.29, 0.717) is 11.1 Å². The Morgan fingerprint density at radius 3 is 2.44 bits per heavy atom. The largest absolute Gasteiger partial charge is 0.382 e. The van der Waals surface area contributed by atoms with E-state index in [4.69, 9.17) is 16.6 Å². The standard InChI is InChI=1S/C28H36ClN3/c1-6-32(7-2)17-9-12-22(5)30-28-19-24(31-27-18-23(29)13-15-26(27)28)14-16-25-20(3)10-8-11-21(25)4/h8,10-11,13-16,18-19,22H,6-7,9,12,17H2,1-5H3,(H,30,31). The molecule has 1 aromatic heterocycles. The van der Waals surface area contributed by atoms with Crippen LogP contribution in [0.25, 0.3) is 23.1 Å². The summed E-state index contributed by atoms with van der Waals surface area (Å²) in [6.07, 6.45) is 6.58. The maximum absolute atomic E-state index is 6.29. The second-order valence-electron chi connectivity index (χ2n) is 8.61. The van der Waals surface area contributed by atoms with Gasteiger partial charge in [0.05, 0.1) is 11.2 Å². The molecule has 1 unspecified atom stereocenters. The Bertz CT molecular complexity index is 1050. The molecule has 1 heterocycles. The summed E-state index contributed by atoms with van der Waals surface area (Å²) in [6.45, 7) is 14.4. The zero-order valence-electron chi connectivity index (χ0n) is 20.1. The van der Waals surface area contributed by atoms with Crippen LogP contribution in [0.4, 0.5) is 5.69 Å². The topological polar surface area (TPSA) is 28.2 Å². The molecule has 3 rings (SSSR count). The molecule has 4 heteroatoms. The number of fused-ring (bicyclic) bond motifs is 1. The van der Waals surface area contributed by atoms with Crippen LogP contribution in [-0.4, -0.2) is 35.6 Å². The monoisotopic (exact) mass is 449 g/mol. The third kappa shape index (κ3) is 6.34. The summed E-state index contributed by atoms with van der Waals surface area (Å²) in [5, 5.41) is 5.55. The number of nitrogens with zero attached hydrogens (tertiary/aromatic N) is 2. The van der Waals surface area contributed by atoms with Crippen molar-refractivity contribution in [2.75, 3.05) is 25.0 Å². The fourth-order valence-corrected chi connectivity index (χ4v) is 4.35. The molecular weight excluding hydrogens is 414 g/mol. The lowest BCUT2D eigenvalue weighted by molar-refractivity contribution is 0.295. The van der Waals surface area contributed by atoms with Gasteiger partial charge in [0.15, 0.2) is 0 Å². The Labute approximate surface area is 198 Å². The molecule has 0 aliphatic rings. The van der Waals surface area contributed by atoms with Crippen LogP contribution < -0.4 is 5.32 Å². The molecule has 0 radical (unpaired) electrons. The molecule has 32 heavy (non-hydrogen) atoms. The molecule has 0 fully saturated rings. The van der Waals surface area contributed by atoms with Crippen LogP contribution in [0.2, 0.25) is 5.02 Å². The first kappa shape index (κ1) is 24.3. The van der Waals surface area contributed by atoms with Crippen molar-refractivity contribution in [2.45, 2.75) is 53.5 Å². The quantitative estimate of drug-likeness (QED) is 0.345. The Kier molecular flexibility index (Phi) is 8.72. The first-order chi connectivity index (χ1) is 15.4. The third-order valence-corrected chi connectivity index (χ3v) is 6.40. The number of aromatic nitrogens is 1. The normalized spacial score (nSPS) is 12.7. The lowest BCUT2D eigenvalue weighted by Crippen LogP contribution is -2.25. The SMILES string of the molecule is CCN(CC)CCCC(C)Nc1cc(C=Cc2c(C)cccc2C)nc2cc(Cl)ccc12. The van der Waals surface area contributed by atoms with Crippen molar-refractivity contribution in [1.82, 2.24) is 9.88 Å². The molecule has 1 atom stereocenters. The van der Waals surface area contributed by atoms with Crippen LogP contribution in [0.5, 0.6) is 0 Å². The van der Waals surface area contributed by atoms with Crippen LogP contribution in [0, 0.1) is 13.8 Å². The van der Waals surface area contributed by atoms with E-state index in [-0.39, 0.29) is 0 Å². The van der Waals surface area contributed by atoms with Crippen LogP contribution in [-0.2, 0) is 0 Å². The molecule has 0 saturated heterocycles. The minimum Gasteiger partial charge on any atom is -0.382 e. The lowest BCUT2D eigenvalue weighted by atomic mass is 10.0. The minimum atomic E-state index is 0.377. The summed E-state index contributed by atoms with van der Waals surface area (Å²) in [4.78, 5) is 7.35. The van der Waals surface area contributed by atoms with Gasteiger partial charge >= 0.3 is 0 Å². The highest BCUT2D eigenvalue weighted by molar-refractivity contribution is 6.31. The molecule has 0 bridgehead atoms. The second kappa shape index (κ2) is 11.5.